The standard InChI is InChI=1S/C20H15ClFN5O/c1-12-3-4-13(18-11-27-8-2-7-23-19(27)25-18)9-17(12)26-20(28)24-14-5-6-16(22)15(21)10-14/h2-11H,1H3,(H2,24,26,28). The second-order valence-electron chi connectivity index (χ2n) is 6.19. The van der Waals surface area contributed by atoms with E-state index in [1.54, 1.807) is 6.20 Å². The van der Waals surface area contributed by atoms with Crippen molar-refractivity contribution < 1.29 is 9.18 Å². The summed E-state index contributed by atoms with van der Waals surface area (Å²) in [5, 5.41) is 5.38. The molecule has 0 radical (unpaired) electrons. The van der Waals surface area contributed by atoms with Crippen LogP contribution in [0.15, 0.2) is 61.1 Å². The van der Waals surface area contributed by atoms with Gasteiger partial charge in [-0.2, -0.15) is 0 Å². The van der Waals surface area contributed by atoms with Crippen molar-refractivity contribution in [3.63, 3.8) is 0 Å². The molecule has 4 rings (SSSR count). The summed E-state index contributed by atoms with van der Waals surface area (Å²) < 4.78 is 15.1. The molecule has 2 amide bonds. The number of carbonyl (C=O) groups excluding carboxylic acids is 1. The number of fused-ring (bicyclic) bond motifs is 1. The van der Waals surface area contributed by atoms with Crippen molar-refractivity contribution in [1.82, 2.24) is 14.4 Å². The summed E-state index contributed by atoms with van der Waals surface area (Å²) in [6, 6.07) is 11.0. The number of halogens is 2. The Balaban J connectivity index is 1.56. The van der Waals surface area contributed by atoms with E-state index in [0.717, 1.165) is 16.8 Å². The quantitative estimate of drug-likeness (QED) is 0.504. The lowest BCUT2D eigenvalue weighted by Crippen LogP contribution is -2.20. The maximum absolute atomic E-state index is 13.2. The molecule has 140 valence electrons. The molecule has 0 atom stereocenters. The fourth-order valence-electron chi connectivity index (χ4n) is 2.74. The van der Waals surface area contributed by atoms with Crippen molar-refractivity contribution in [2.24, 2.45) is 0 Å². The van der Waals surface area contributed by atoms with Crippen molar-refractivity contribution in [1.29, 1.82) is 0 Å². The highest BCUT2D eigenvalue weighted by Crippen LogP contribution is 2.25. The zero-order valence-corrected chi connectivity index (χ0v) is 15.5. The number of anilines is 2. The van der Waals surface area contributed by atoms with Gasteiger partial charge < -0.3 is 10.6 Å². The van der Waals surface area contributed by atoms with E-state index in [0.29, 0.717) is 17.2 Å². The van der Waals surface area contributed by atoms with Gasteiger partial charge in [0.2, 0.25) is 5.78 Å². The van der Waals surface area contributed by atoms with E-state index in [9.17, 15) is 9.18 Å². The summed E-state index contributed by atoms with van der Waals surface area (Å²) in [6.07, 6.45) is 5.42. The Morgan fingerprint density at radius 3 is 2.82 bits per heavy atom. The number of carbonyl (C=O) groups is 1. The number of aromatic nitrogens is 3. The molecular formula is C20H15ClFN5O. The first-order chi connectivity index (χ1) is 13.5. The average Bonchev–Trinajstić information content (AvgIpc) is 3.10. The minimum atomic E-state index is -0.543. The maximum atomic E-state index is 13.2. The molecule has 0 aliphatic heterocycles. The van der Waals surface area contributed by atoms with Gasteiger partial charge in [0.05, 0.1) is 10.7 Å². The Bertz CT molecular complexity index is 1160. The van der Waals surface area contributed by atoms with Crippen LogP contribution in [-0.2, 0) is 0 Å². The number of nitrogens with zero attached hydrogens (tertiary/aromatic N) is 3. The van der Waals surface area contributed by atoms with Crippen LogP contribution in [-0.4, -0.2) is 20.4 Å². The molecule has 0 bridgehead atoms. The summed E-state index contributed by atoms with van der Waals surface area (Å²) >= 11 is 5.74. The number of hydrogen-bond acceptors (Lipinski definition) is 3. The van der Waals surface area contributed by atoms with Crippen LogP contribution in [0.5, 0.6) is 0 Å². The lowest BCUT2D eigenvalue weighted by atomic mass is 10.1. The molecule has 0 spiro atoms. The van der Waals surface area contributed by atoms with Crippen molar-refractivity contribution in [3.8, 4) is 11.3 Å². The van der Waals surface area contributed by atoms with Gasteiger partial charge in [0.1, 0.15) is 5.82 Å². The van der Waals surface area contributed by atoms with Crippen molar-refractivity contribution in [2.75, 3.05) is 10.6 Å². The van der Waals surface area contributed by atoms with E-state index in [4.69, 9.17) is 11.6 Å². The lowest BCUT2D eigenvalue weighted by molar-refractivity contribution is 0.262. The lowest BCUT2D eigenvalue weighted by Gasteiger charge is -2.11. The van der Waals surface area contributed by atoms with E-state index in [-0.39, 0.29) is 5.02 Å². The SMILES string of the molecule is Cc1ccc(-c2cn3cccnc3n2)cc1NC(=O)Nc1ccc(F)c(Cl)c1. The van der Waals surface area contributed by atoms with E-state index < -0.39 is 11.8 Å². The highest BCUT2D eigenvalue weighted by Gasteiger charge is 2.10. The van der Waals surface area contributed by atoms with Gasteiger partial charge in [0.15, 0.2) is 0 Å². The molecule has 0 saturated heterocycles. The zero-order valence-electron chi connectivity index (χ0n) is 14.8. The third-order valence-electron chi connectivity index (χ3n) is 4.19. The van der Waals surface area contributed by atoms with E-state index in [1.807, 2.05) is 48.0 Å². The van der Waals surface area contributed by atoms with Crippen LogP contribution in [0.4, 0.5) is 20.6 Å². The first kappa shape index (κ1) is 17.9. The number of amides is 2. The van der Waals surface area contributed by atoms with Crippen molar-refractivity contribution in [2.45, 2.75) is 6.92 Å². The van der Waals surface area contributed by atoms with Crippen LogP contribution in [0.2, 0.25) is 5.02 Å². The van der Waals surface area contributed by atoms with Crippen molar-refractivity contribution in [3.05, 3.63) is 77.5 Å². The fraction of sp³-hybridized carbons (Fsp3) is 0.0500. The topological polar surface area (TPSA) is 71.3 Å². The van der Waals surface area contributed by atoms with Crippen LogP contribution >= 0.6 is 11.6 Å². The Kier molecular flexibility index (Phi) is 4.67. The molecule has 28 heavy (non-hydrogen) atoms. The first-order valence-electron chi connectivity index (χ1n) is 8.43. The Labute approximate surface area is 165 Å². The summed E-state index contributed by atoms with van der Waals surface area (Å²) in [5.74, 6) is 0.0524. The van der Waals surface area contributed by atoms with Gasteiger partial charge in [0, 0.05) is 35.5 Å². The Hall–Kier alpha value is -3.45. The summed E-state index contributed by atoms with van der Waals surface area (Å²) in [4.78, 5) is 21.0. The molecule has 4 aromatic rings. The second kappa shape index (κ2) is 7.28. The molecule has 2 heterocycles. The second-order valence-corrected chi connectivity index (χ2v) is 6.60. The normalized spacial score (nSPS) is 10.8. The van der Waals surface area contributed by atoms with E-state index >= 15 is 0 Å². The molecule has 0 aliphatic rings. The molecule has 2 aromatic heterocycles. The van der Waals surface area contributed by atoms with E-state index in [2.05, 4.69) is 20.6 Å². The predicted octanol–water partition coefficient (Wildman–Crippen LogP) is 5.14. The highest BCUT2D eigenvalue weighted by atomic mass is 35.5. The summed E-state index contributed by atoms with van der Waals surface area (Å²) in [6.45, 7) is 1.89. The molecule has 0 fully saturated rings. The zero-order chi connectivity index (χ0) is 19.7. The van der Waals surface area contributed by atoms with Crippen LogP contribution in [0.1, 0.15) is 5.56 Å². The molecule has 8 heteroatoms. The smallest absolute Gasteiger partial charge is 0.308 e. The number of nitrogens with one attached hydrogen (secondary N) is 2. The number of benzene rings is 2. The maximum Gasteiger partial charge on any atom is 0.323 e. The van der Waals surface area contributed by atoms with Crippen molar-refractivity contribution >= 4 is 34.8 Å². The van der Waals surface area contributed by atoms with Gasteiger partial charge in [-0.1, -0.05) is 23.7 Å². The number of hydrogen-bond donors (Lipinski definition) is 2. The van der Waals surface area contributed by atoms with Gasteiger partial charge in [-0.15, -0.1) is 0 Å². The van der Waals surface area contributed by atoms with Crippen LogP contribution in [0.3, 0.4) is 0 Å². The molecular weight excluding hydrogens is 381 g/mol. The predicted molar refractivity (Wildman–Crippen MR) is 107 cm³/mol. The largest absolute Gasteiger partial charge is 0.323 e. The first-order valence-corrected chi connectivity index (χ1v) is 8.81. The van der Waals surface area contributed by atoms with Crippen LogP contribution in [0.25, 0.3) is 17.0 Å². The number of aryl methyl sites for hydroxylation is 1. The molecule has 0 aliphatic carbocycles. The molecule has 2 N–H and O–H groups in total. The van der Waals surface area contributed by atoms with Gasteiger partial charge in [-0.25, -0.2) is 19.2 Å². The number of urea groups is 1. The summed E-state index contributed by atoms with van der Waals surface area (Å²) in [5.41, 5.74) is 3.50. The van der Waals surface area contributed by atoms with Gasteiger partial charge >= 0.3 is 6.03 Å². The Morgan fingerprint density at radius 2 is 2.04 bits per heavy atom. The number of rotatable bonds is 3. The Morgan fingerprint density at radius 1 is 1.18 bits per heavy atom. The fourth-order valence-corrected chi connectivity index (χ4v) is 2.92. The highest BCUT2D eigenvalue weighted by molar-refractivity contribution is 6.31. The third-order valence-corrected chi connectivity index (χ3v) is 4.48. The monoisotopic (exact) mass is 395 g/mol. The van der Waals surface area contributed by atoms with Gasteiger partial charge in [-0.05, 0) is 42.8 Å². The van der Waals surface area contributed by atoms with Gasteiger partial charge in [-0.3, -0.25) is 4.40 Å². The third kappa shape index (κ3) is 3.65. The molecule has 6 nitrogen and oxygen atoms in total. The van der Waals surface area contributed by atoms with Crippen LogP contribution in [0, 0.1) is 12.7 Å². The summed E-state index contributed by atoms with van der Waals surface area (Å²) in [7, 11) is 0. The molecule has 0 saturated carbocycles. The average molecular weight is 396 g/mol. The minimum Gasteiger partial charge on any atom is -0.308 e. The molecule has 2 aromatic carbocycles. The minimum absolute atomic E-state index is 0.0589. The van der Waals surface area contributed by atoms with Gasteiger partial charge in [0.25, 0.3) is 0 Å². The number of imidazole rings is 1. The van der Waals surface area contributed by atoms with E-state index in [1.165, 1.54) is 18.2 Å². The molecule has 0 unspecified atom stereocenters. The van der Waals surface area contributed by atoms with Crippen LogP contribution < -0.4 is 10.6 Å².